The summed E-state index contributed by atoms with van der Waals surface area (Å²) in [5, 5.41) is 6.20. The summed E-state index contributed by atoms with van der Waals surface area (Å²) in [7, 11) is 0. The van der Waals surface area contributed by atoms with Crippen LogP contribution in [0.25, 0.3) is 0 Å². The minimum Gasteiger partial charge on any atom is -0.493 e. The smallest absolute Gasteiger partial charge is 0.253 e. The molecule has 2 aromatic rings. The van der Waals surface area contributed by atoms with Crippen molar-refractivity contribution in [2.75, 3.05) is 13.2 Å². The van der Waals surface area contributed by atoms with E-state index >= 15 is 0 Å². The van der Waals surface area contributed by atoms with Crippen molar-refractivity contribution in [1.82, 2.24) is 10.6 Å². The number of nitrogens with one attached hydrogen (secondary N) is 2. The standard InChI is InChI=1S/C19H18Cl2N2O3/c1-11-2-5-17-14(8-11)16(6-7-26-17)23-18(24)10-22-19(25)13-4-3-12(20)9-15(13)21/h2-5,8-9,16H,6-7,10H2,1H3,(H,22,25)(H,23,24). The van der Waals surface area contributed by atoms with Gasteiger partial charge in [-0.2, -0.15) is 0 Å². The summed E-state index contributed by atoms with van der Waals surface area (Å²) in [6.45, 7) is 2.38. The van der Waals surface area contributed by atoms with E-state index in [2.05, 4.69) is 10.6 Å². The van der Waals surface area contributed by atoms with E-state index in [0.717, 1.165) is 16.9 Å². The van der Waals surface area contributed by atoms with Crippen molar-refractivity contribution < 1.29 is 14.3 Å². The number of benzene rings is 2. The maximum Gasteiger partial charge on any atom is 0.253 e. The van der Waals surface area contributed by atoms with Crippen LogP contribution >= 0.6 is 23.2 Å². The molecule has 0 radical (unpaired) electrons. The SMILES string of the molecule is Cc1ccc2c(c1)C(NC(=O)CNC(=O)c1ccc(Cl)cc1Cl)CCO2. The Labute approximate surface area is 161 Å². The Balaban J connectivity index is 1.60. The summed E-state index contributed by atoms with van der Waals surface area (Å²) in [4.78, 5) is 24.4. The molecule has 2 aromatic carbocycles. The van der Waals surface area contributed by atoms with Crippen molar-refractivity contribution in [3.63, 3.8) is 0 Å². The van der Waals surface area contributed by atoms with Crippen molar-refractivity contribution in [3.8, 4) is 5.75 Å². The van der Waals surface area contributed by atoms with Crippen LogP contribution in [0.2, 0.25) is 10.0 Å². The zero-order valence-corrected chi connectivity index (χ0v) is 15.7. The number of carbonyl (C=O) groups excluding carboxylic acids is 2. The maximum absolute atomic E-state index is 12.3. The molecule has 7 heteroatoms. The van der Waals surface area contributed by atoms with Crippen molar-refractivity contribution in [1.29, 1.82) is 0 Å². The Morgan fingerprint density at radius 3 is 2.77 bits per heavy atom. The topological polar surface area (TPSA) is 67.4 Å². The number of fused-ring (bicyclic) bond motifs is 1. The largest absolute Gasteiger partial charge is 0.493 e. The lowest BCUT2D eigenvalue weighted by Gasteiger charge is -2.27. The molecule has 0 saturated carbocycles. The molecule has 2 N–H and O–H groups in total. The van der Waals surface area contributed by atoms with Crippen LogP contribution in [0.1, 0.15) is 33.9 Å². The minimum atomic E-state index is -0.426. The van der Waals surface area contributed by atoms with Gasteiger partial charge in [0.15, 0.2) is 0 Å². The number of carbonyl (C=O) groups is 2. The van der Waals surface area contributed by atoms with E-state index in [1.54, 1.807) is 6.07 Å². The van der Waals surface area contributed by atoms with Gasteiger partial charge in [-0.05, 0) is 31.2 Å². The first-order valence-corrected chi connectivity index (χ1v) is 8.95. The van der Waals surface area contributed by atoms with Crippen LogP contribution in [-0.4, -0.2) is 25.0 Å². The average Bonchev–Trinajstić information content (AvgIpc) is 2.60. The fourth-order valence-electron chi connectivity index (χ4n) is 2.84. The highest BCUT2D eigenvalue weighted by Gasteiger charge is 2.23. The second-order valence-corrected chi connectivity index (χ2v) is 6.95. The summed E-state index contributed by atoms with van der Waals surface area (Å²) >= 11 is 11.8. The van der Waals surface area contributed by atoms with Crippen LogP contribution in [0.15, 0.2) is 36.4 Å². The molecule has 3 rings (SSSR count). The molecule has 0 aromatic heterocycles. The van der Waals surface area contributed by atoms with Gasteiger partial charge in [-0.1, -0.05) is 40.9 Å². The molecule has 136 valence electrons. The van der Waals surface area contributed by atoms with Gasteiger partial charge in [0.2, 0.25) is 5.91 Å². The average molecular weight is 393 g/mol. The van der Waals surface area contributed by atoms with E-state index in [1.807, 2.05) is 25.1 Å². The Bertz CT molecular complexity index is 855. The molecule has 0 aliphatic carbocycles. The van der Waals surface area contributed by atoms with E-state index in [-0.39, 0.29) is 29.1 Å². The lowest BCUT2D eigenvalue weighted by Crippen LogP contribution is -2.40. The summed E-state index contributed by atoms with van der Waals surface area (Å²) in [5.41, 5.74) is 2.33. The fraction of sp³-hybridized carbons (Fsp3) is 0.263. The second kappa shape index (κ2) is 7.98. The number of hydrogen-bond acceptors (Lipinski definition) is 3. The first-order valence-electron chi connectivity index (χ1n) is 8.20. The monoisotopic (exact) mass is 392 g/mol. The highest BCUT2D eigenvalue weighted by Crippen LogP contribution is 2.32. The van der Waals surface area contributed by atoms with Crippen LogP contribution in [-0.2, 0) is 4.79 Å². The Morgan fingerprint density at radius 1 is 1.19 bits per heavy atom. The molecule has 1 aliphatic rings. The van der Waals surface area contributed by atoms with E-state index in [1.165, 1.54) is 12.1 Å². The molecular weight excluding hydrogens is 375 g/mol. The van der Waals surface area contributed by atoms with Gasteiger partial charge >= 0.3 is 0 Å². The first kappa shape index (κ1) is 18.5. The molecule has 5 nitrogen and oxygen atoms in total. The summed E-state index contributed by atoms with van der Waals surface area (Å²) in [6.07, 6.45) is 0.680. The molecule has 2 amide bonds. The molecular formula is C19H18Cl2N2O3. The van der Waals surface area contributed by atoms with Crippen LogP contribution in [0, 0.1) is 6.92 Å². The number of amides is 2. The highest BCUT2D eigenvalue weighted by molar-refractivity contribution is 6.36. The highest BCUT2D eigenvalue weighted by atomic mass is 35.5. The Kier molecular flexibility index (Phi) is 5.69. The number of rotatable bonds is 4. The van der Waals surface area contributed by atoms with Gasteiger partial charge in [0.1, 0.15) is 5.75 Å². The summed E-state index contributed by atoms with van der Waals surface area (Å²) in [5.74, 6) is 0.0805. The molecule has 1 heterocycles. The van der Waals surface area contributed by atoms with Gasteiger partial charge < -0.3 is 15.4 Å². The summed E-state index contributed by atoms with van der Waals surface area (Å²) in [6, 6.07) is 10.3. The number of ether oxygens (including phenoxy) is 1. The molecule has 0 fully saturated rings. The van der Waals surface area contributed by atoms with Crippen molar-refractivity contribution in [2.45, 2.75) is 19.4 Å². The third-order valence-electron chi connectivity index (χ3n) is 4.13. The Hall–Kier alpha value is -2.24. The van der Waals surface area contributed by atoms with Gasteiger partial charge in [-0.15, -0.1) is 0 Å². The van der Waals surface area contributed by atoms with Crippen LogP contribution in [0.5, 0.6) is 5.75 Å². The van der Waals surface area contributed by atoms with Crippen LogP contribution < -0.4 is 15.4 Å². The minimum absolute atomic E-state index is 0.137. The zero-order valence-electron chi connectivity index (χ0n) is 14.1. The Morgan fingerprint density at radius 2 is 2.00 bits per heavy atom. The number of hydrogen-bond donors (Lipinski definition) is 2. The van der Waals surface area contributed by atoms with Crippen molar-refractivity contribution >= 4 is 35.0 Å². The molecule has 0 saturated heterocycles. The first-order chi connectivity index (χ1) is 12.4. The lowest BCUT2D eigenvalue weighted by molar-refractivity contribution is -0.121. The molecule has 26 heavy (non-hydrogen) atoms. The van der Waals surface area contributed by atoms with Crippen molar-refractivity contribution in [2.24, 2.45) is 0 Å². The lowest BCUT2D eigenvalue weighted by atomic mass is 9.98. The molecule has 1 aliphatic heterocycles. The maximum atomic E-state index is 12.3. The van der Waals surface area contributed by atoms with Gasteiger partial charge in [-0.3, -0.25) is 9.59 Å². The second-order valence-electron chi connectivity index (χ2n) is 6.11. The predicted molar refractivity (Wildman–Crippen MR) is 101 cm³/mol. The molecule has 1 unspecified atom stereocenters. The van der Waals surface area contributed by atoms with E-state index in [9.17, 15) is 9.59 Å². The number of halogens is 2. The normalized spacial score (nSPS) is 15.6. The van der Waals surface area contributed by atoms with E-state index in [0.29, 0.717) is 18.1 Å². The zero-order chi connectivity index (χ0) is 18.7. The van der Waals surface area contributed by atoms with Crippen LogP contribution in [0.3, 0.4) is 0 Å². The van der Waals surface area contributed by atoms with Crippen molar-refractivity contribution in [3.05, 3.63) is 63.1 Å². The van der Waals surface area contributed by atoms with E-state index < -0.39 is 5.91 Å². The third-order valence-corrected chi connectivity index (χ3v) is 4.67. The molecule has 1 atom stereocenters. The predicted octanol–water partition coefficient (Wildman–Crippen LogP) is 3.67. The van der Waals surface area contributed by atoms with Gasteiger partial charge in [0.05, 0.1) is 29.8 Å². The molecule has 0 spiro atoms. The van der Waals surface area contributed by atoms with E-state index in [4.69, 9.17) is 27.9 Å². The van der Waals surface area contributed by atoms with Gasteiger partial charge in [-0.25, -0.2) is 0 Å². The number of aryl methyl sites for hydroxylation is 1. The summed E-state index contributed by atoms with van der Waals surface area (Å²) < 4.78 is 5.62. The van der Waals surface area contributed by atoms with Crippen LogP contribution in [0.4, 0.5) is 0 Å². The quantitative estimate of drug-likeness (QED) is 0.833. The fourth-order valence-corrected chi connectivity index (χ4v) is 3.33. The van der Waals surface area contributed by atoms with Gasteiger partial charge in [0.25, 0.3) is 5.91 Å². The third kappa shape index (κ3) is 4.29. The van der Waals surface area contributed by atoms with Gasteiger partial charge in [0, 0.05) is 17.0 Å². The molecule has 0 bridgehead atoms.